The molecule has 0 aromatic rings. The van der Waals surface area contributed by atoms with Crippen LogP contribution in [0.15, 0.2) is 23.8 Å². The van der Waals surface area contributed by atoms with Crippen LogP contribution in [0.25, 0.3) is 0 Å². The lowest BCUT2D eigenvalue weighted by atomic mass is 9.65. The standard InChI is InChI=1S/C15H22O2/c1-11-5-4-9-15(2,3)13(11)7-6-12-8-10-17-14(12)16/h6,13H,1,4-5,7-10H2,2-3H3/b12-6-. The molecule has 1 aliphatic heterocycles. The van der Waals surface area contributed by atoms with Gasteiger partial charge in [-0.1, -0.05) is 32.1 Å². The van der Waals surface area contributed by atoms with Crippen LogP contribution in [0.3, 0.4) is 0 Å². The maximum atomic E-state index is 11.4. The molecule has 0 N–H and O–H groups in total. The number of esters is 1. The van der Waals surface area contributed by atoms with Crippen molar-refractivity contribution in [1.29, 1.82) is 0 Å². The molecule has 17 heavy (non-hydrogen) atoms. The molecule has 1 heterocycles. The second-order valence-corrected chi connectivity index (χ2v) is 5.90. The summed E-state index contributed by atoms with van der Waals surface area (Å²) in [5, 5.41) is 0. The molecule has 2 heteroatoms. The lowest BCUT2D eigenvalue weighted by Gasteiger charge is -2.40. The molecule has 0 aromatic carbocycles. The van der Waals surface area contributed by atoms with Crippen LogP contribution in [-0.2, 0) is 9.53 Å². The molecular formula is C15H22O2. The SMILES string of the molecule is C=C1CCCC(C)(C)C1C/C=C1/CCOC1=O. The fraction of sp³-hybridized carbons (Fsp3) is 0.667. The number of carbonyl (C=O) groups is 1. The molecule has 0 aromatic heterocycles. The predicted molar refractivity (Wildman–Crippen MR) is 68.5 cm³/mol. The molecule has 2 rings (SSSR count). The molecule has 94 valence electrons. The van der Waals surface area contributed by atoms with E-state index in [1.807, 2.05) is 0 Å². The van der Waals surface area contributed by atoms with E-state index in [0.29, 0.717) is 17.9 Å². The van der Waals surface area contributed by atoms with E-state index < -0.39 is 0 Å². The smallest absolute Gasteiger partial charge is 0.333 e. The van der Waals surface area contributed by atoms with Gasteiger partial charge in [0.05, 0.1) is 6.61 Å². The number of hydrogen-bond donors (Lipinski definition) is 0. The Hall–Kier alpha value is -1.05. The molecule has 1 unspecified atom stereocenters. The number of allylic oxidation sites excluding steroid dienone is 2. The summed E-state index contributed by atoms with van der Waals surface area (Å²) in [5.74, 6) is 0.390. The van der Waals surface area contributed by atoms with E-state index in [0.717, 1.165) is 24.8 Å². The Balaban J connectivity index is 2.06. The topological polar surface area (TPSA) is 26.3 Å². The lowest BCUT2D eigenvalue weighted by molar-refractivity contribution is -0.135. The van der Waals surface area contributed by atoms with Gasteiger partial charge in [-0.2, -0.15) is 0 Å². The van der Waals surface area contributed by atoms with Crippen molar-refractivity contribution >= 4 is 5.97 Å². The maximum absolute atomic E-state index is 11.4. The first-order valence-electron chi connectivity index (χ1n) is 6.54. The van der Waals surface area contributed by atoms with Gasteiger partial charge >= 0.3 is 5.97 Å². The van der Waals surface area contributed by atoms with Crippen molar-refractivity contribution < 1.29 is 9.53 Å². The fourth-order valence-electron chi connectivity index (χ4n) is 3.05. The molecule has 2 aliphatic rings. The van der Waals surface area contributed by atoms with Crippen molar-refractivity contribution in [3.05, 3.63) is 23.8 Å². The summed E-state index contributed by atoms with van der Waals surface area (Å²) in [6, 6.07) is 0. The van der Waals surface area contributed by atoms with E-state index >= 15 is 0 Å². The predicted octanol–water partition coefficient (Wildman–Crippen LogP) is 3.63. The van der Waals surface area contributed by atoms with Crippen LogP contribution in [0, 0.1) is 11.3 Å². The molecule has 1 aliphatic carbocycles. The number of rotatable bonds is 2. The summed E-state index contributed by atoms with van der Waals surface area (Å²) in [4.78, 5) is 11.4. The Morgan fingerprint density at radius 3 is 2.82 bits per heavy atom. The number of cyclic esters (lactones) is 1. The van der Waals surface area contributed by atoms with E-state index in [9.17, 15) is 4.79 Å². The van der Waals surface area contributed by atoms with E-state index in [-0.39, 0.29) is 5.97 Å². The van der Waals surface area contributed by atoms with Crippen LogP contribution >= 0.6 is 0 Å². The summed E-state index contributed by atoms with van der Waals surface area (Å²) in [6.07, 6.45) is 7.44. The molecule has 0 bridgehead atoms. The Labute approximate surface area is 104 Å². The zero-order chi connectivity index (χ0) is 12.5. The third-order valence-corrected chi connectivity index (χ3v) is 4.22. The monoisotopic (exact) mass is 234 g/mol. The van der Waals surface area contributed by atoms with Crippen LogP contribution in [-0.4, -0.2) is 12.6 Å². The first-order valence-corrected chi connectivity index (χ1v) is 6.54. The zero-order valence-corrected chi connectivity index (χ0v) is 10.9. The number of ether oxygens (including phenoxy) is 1. The molecule has 0 radical (unpaired) electrons. The molecule has 0 amide bonds. The van der Waals surface area contributed by atoms with Crippen molar-refractivity contribution in [1.82, 2.24) is 0 Å². The number of carbonyl (C=O) groups excluding carboxylic acids is 1. The minimum absolute atomic E-state index is 0.121. The van der Waals surface area contributed by atoms with Crippen molar-refractivity contribution in [3.8, 4) is 0 Å². The van der Waals surface area contributed by atoms with Gasteiger partial charge in [0.1, 0.15) is 0 Å². The van der Waals surface area contributed by atoms with Crippen LogP contribution in [0.4, 0.5) is 0 Å². The van der Waals surface area contributed by atoms with Crippen LogP contribution in [0.1, 0.15) is 46.0 Å². The molecular weight excluding hydrogens is 212 g/mol. The van der Waals surface area contributed by atoms with Crippen molar-refractivity contribution in [2.24, 2.45) is 11.3 Å². The van der Waals surface area contributed by atoms with E-state index in [4.69, 9.17) is 4.74 Å². The van der Waals surface area contributed by atoms with Crippen LogP contribution in [0.5, 0.6) is 0 Å². The summed E-state index contributed by atoms with van der Waals surface area (Å²) in [7, 11) is 0. The largest absolute Gasteiger partial charge is 0.462 e. The highest BCUT2D eigenvalue weighted by molar-refractivity contribution is 5.90. The minimum Gasteiger partial charge on any atom is -0.462 e. The third-order valence-electron chi connectivity index (χ3n) is 4.22. The summed E-state index contributed by atoms with van der Waals surface area (Å²) in [6.45, 7) is 9.39. The van der Waals surface area contributed by atoms with Gasteiger partial charge in [-0.15, -0.1) is 0 Å². The highest BCUT2D eigenvalue weighted by Crippen LogP contribution is 2.45. The molecule has 2 nitrogen and oxygen atoms in total. The second-order valence-electron chi connectivity index (χ2n) is 5.90. The van der Waals surface area contributed by atoms with Gasteiger partial charge in [-0.25, -0.2) is 4.79 Å². The Kier molecular flexibility index (Phi) is 3.41. The highest BCUT2D eigenvalue weighted by Gasteiger charge is 2.34. The first kappa shape index (κ1) is 12.4. The van der Waals surface area contributed by atoms with Crippen LogP contribution < -0.4 is 0 Å². The van der Waals surface area contributed by atoms with Gasteiger partial charge in [0.15, 0.2) is 0 Å². The van der Waals surface area contributed by atoms with Crippen molar-refractivity contribution in [2.75, 3.05) is 6.61 Å². The zero-order valence-electron chi connectivity index (χ0n) is 10.9. The van der Waals surface area contributed by atoms with Gasteiger partial charge in [0.25, 0.3) is 0 Å². The van der Waals surface area contributed by atoms with Gasteiger partial charge in [0.2, 0.25) is 0 Å². The lowest BCUT2D eigenvalue weighted by Crippen LogP contribution is -2.29. The quantitative estimate of drug-likeness (QED) is 0.414. The summed E-state index contributed by atoms with van der Waals surface area (Å²) >= 11 is 0. The van der Waals surface area contributed by atoms with Gasteiger partial charge in [-0.3, -0.25) is 0 Å². The summed E-state index contributed by atoms with van der Waals surface area (Å²) < 4.78 is 4.95. The molecule has 1 saturated carbocycles. The van der Waals surface area contributed by atoms with Crippen LogP contribution in [0.2, 0.25) is 0 Å². The molecule has 1 atom stereocenters. The van der Waals surface area contributed by atoms with Crippen molar-refractivity contribution in [3.63, 3.8) is 0 Å². The van der Waals surface area contributed by atoms with Gasteiger partial charge in [-0.05, 0) is 37.0 Å². The second kappa shape index (κ2) is 4.67. The van der Waals surface area contributed by atoms with E-state index in [1.165, 1.54) is 18.4 Å². The van der Waals surface area contributed by atoms with E-state index in [2.05, 4.69) is 26.5 Å². The fourth-order valence-corrected chi connectivity index (χ4v) is 3.05. The molecule has 1 saturated heterocycles. The Bertz CT molecular complexity index is 363. The first-order chi connectivity index (χ1) is 8.00. The average molecular weight is 234 g/mol. The normalized spacial score (nSPS) is 30.7. The highest BCUT2D eigenvalue weighted by atomic mass is 16.5. The number of hydrogen-bond acceptors (Lipinski definition) is 2. The summed E-state index contributed by atoms with van der Waals surface area (Å²) in [5.41, 5.74) is 2.53. The van der Waals surface area contributed by atoms with E-state index in [1.54, 1.807) is 0 Å². The Morgan fingerprint density at radius 2 is 2.24 bits per heavy atom. The maximum Gasteiger partial charge on any atom is 0.333 e. The van der Waals surface area contributed by atoms with Gasteiger partial charge in [0, 0.05) is 12.0 Å². The third kappa shape index (κ3) is 2.62. The average Bonchev–Trinajstić information content (AvgIpc) is 2.63. The molecule has 2 fully saturated rings. The molecule has 0 spiro atoms. The van der Waals surface area contributed by atoms with Gasteiger partial charge < -0.3 is 4.74 Å². The minimum atomic E-state index is -0.121. The Morgan fingerprint density at radius 1 is 1.47 bits per heavy atom. The van der Waals surface area contributed by atoms with Crippen molar-refractivity contribution in [2.45, 2.75) is 46.0 Å².